The average molecular weight is 393 g/mol. The first-order valence-corrected chi connectivity index (χ1v) is 11.3. The van der Waals surface area contributed by atoms with Crippen molar-refractivity contribution in [2.75, 3.05) is 32.8 Å². The Morgan fingerprint density at radius 1 is 1.22 bits per heavy atom. The van der Waals surface area contributed by atoms with Gasteiger partial charge in [-0.05, 0) is 61.3 Å². The van der Waals surface area contributed by atoms with Crippen LogP contribution in [0, 0.1) is 11.3 Å². The Bertz CT molecular complexity index is 854. The molecule has 2 atom stereocenters. The molecule has 4 rings (SSSR count). The molecule has 3 aliphatic rings. The molecule has 148 valence electrons. The van der Waals surface area contributed by atoms with Gasteiger partial charge in [0.1, 0.15) is 0 Å². The highest BCUT2D eigenvalue weighted by atomic mass is 32.2. The lowest BCUT2D eigenvalue weighted by atomic mass is 9.73. The van der Waals surface area contributed by atoms with Gasteiger partial charge >= 0.3 is 0 Å². The zero-order chi connectivity index (χ0) is 19.2. The molecule has 0 spiro atoms. The minimum Gasteiger partial charge on any atom is -0.396 e. The minimum absolute atomic E-state index is 0.0116. The molecule has 1 amide bonds. The number of hydrogen-bond acceptors (Lipinski definition) is 4. The van der Waals surface area contributed by atoms with E-state index in [0.29, 0.717) is 37.5 Å². The maximum absolute atomic E-state index is 13.3. The van der Waals surface area contributed by atoms with Gasteiger partial charge in [0.05, 0.1) is 11.5 Å². The van der Waals surface area contributed by atoms with Crippen LogP contribution in [0.25, 0.3) is 0 Å². The highest BCUT2D eigenvalue weighted by Crippen LogP contribution is 2.44. The molecule has 0 aromatic heterocycles. The van der Waals surface area contributed by atoms with Crippen molar-refractivity contribution in [2.45, 2.75) is 43.9 Å². The molecule has 2 saturated heterocycles. The highest BCUT2D eigenvalue weighted by molar-refractivity contribution is 7.89. The quantitative estimate of drug-likeness (QED) is 0.844. The first-order valence-electron chi connectivity index (χ1n) is 9.84. The molecule has 2 fully saturated rings. The Hall–Kier alpha value is -1.44. The minimum atomic E-state index is -3.60. The standard InChI is InChI=1S/C20H28N2O4S/c1-15(24)21-9-8-20(14-23)13-22(12-18(20)11-21)27(25,26)19-7-6-16-4-2-3-5-17(16)10-19/h6-7,10,18,23H,2-5,8-9,11-14H2,1H3/t18-,20+/m1/s1. The van der Waals surface area contributed by atoms with Crippen LogP contribution in [0.2, 0.25) is 0 Å². The number of nitrogens with zero attached hydrogens (tertiary/aromatic N) is 2. The topological polar surface area (TPSA) is 77.9 Å². The predicted molar refractivity (Wildman–Crippen MR) is 102 cm³/mol. The van der Waals surface area contributed by atoms with Gasteiger partial charge in [-0.2, -0.15) is 4.31 Å². The Labute approximate surface area is 161 Å². The summed E-state index contributed by atoms with van der Waals surface area (Å²) in [5.41, 5.74) is 1.98. The number of aryl methyl sites for hydroxylation is 2. The number of carbonyl (C=O) groups excluding carboxylic acids is 1. The number of aliphatic hydroxyl groups is 1. The van der Waals surface area contributed by atoms with Crippen LogP contribution >= 0.6 is 0 Å². The Morgan fingerprint density at radius 2 is 1.96 bits per heavy atom. The van der Waals surface area contributed by atoms with Crippen LogP contribution in [0.5, 0.6) is 0 Å². The van der Waals surface area contributed by atoms with E-state index in [9.17, 15) is 18.3 Å². The van der Waals surface area contributed by atoms with Crippen molar-refractivity contribution in [3.63, 3.8) is 0 Å². The van der Waals surface area contributed by atoms with E-state index in [4.69, 9.17) is 0 Å². The molecular formula is C20H28N2O4S. The largest absolute Gasteiger partial charge is 0.396 e. The van der Waals surface area contributed by atoms with E-state index in [-0.39, 0.29) is 18.4 Å². The van der Waals surface area contributed by atoms with Crippen molar-refractivity contribution < 1.29 is 18.3 Å². The number of sulfonamides is 1. The summed E-state index contributed by atoms with van der Waals surface area (Å²) in [6, 6.07) is 5.54. The second kappa shape index (κ2) is 6.87. The lowest BCUT2D eigenvalue weighted by molar-refractivity contribution is -0.133. The fourth-order valence-corrected chi connectivity index (χ4v) is 6.61. The van der Waals surface area contributed by atoms with Gasteiger partial charge in [-0.25, -0.2) is 8.42 Å². The molecule has 0 radical (unpaired) electrons. The normalized spacial score (nSPS) is 28.7. The summed E-state index contributed by atoms with van der Waals surface area (Å²) in [7, 11) is -3.60. The van der Waals surface area contributed by atoms with Gasteiger partial charge in [0.2, 0.25) is 15.9 Å². The number of fused-ring (bicyclic) bond motifs is 2. The van der Waals surface area contributed by atoms with E-state index in [0.717, 1.165) is 24.8 Å². The van der Waals surface area contributed by atoms with E-state index < -0.39 is 15.4 Å². The summed E-state index contributed by atoms with van der Waals surface area (Å²) in [4.78, 5) is 13.9. The van der Waals surface area contributed by atoms with Gasteiger partial charge < -0.3 is 10.0 Å². The molecule has 1 aliphatic carbocycles. The molecule has 1 aromatic rings. The van der Waals surface area contributed by atoms with E-state index in [1.807, 2.05) is 12.1 Å². The fourth-order valence-electron chi connectivity index (χ4n) is 4.98. The Morgan fingerprint density at radius 3 is 2.67 bits per heavy atom. The van der Waals surface area contributed by atoms with Gasteiger partial charge in [0.15, 0.2) is 0 Å². The first kappa shape index (κ1) is 18.9. The van der Waals surface area contributed by atoms with Crippen molar-refractivity contribution in [3.05, 3.63) is 29.3 Å². The van der Waals surface area contributed by atoms with E-state index in [1.165, 1.54) is 16.3 Å². The van der Waals surface area contributed by atoms with Crippen molar-refractivity contribution in [1.82, 2.24) is 9.21 Å². The van der Waals surface area contributed by atoms with Crippen LogP contribution in [0.1, 0.15) is 37.3 Å². The lowest BCUT2D eigenvalue weighted by Crippen LogP contribution is -2.50. The van der Waals surface area contributed by atoms with Gasteiger partial charge in [0, 0.05) is 38.5 Å². The zero-order valence-electron chi connectivity index (χ0n) is 15.9. The molecule has 0 bridgehead atoms. The first-order chi connectivity index (χ1) is 12.9. The van der Waals surface area contributed by atoms with E-state index in [1.54, 1.807) is 17.9 Å². The summed E-state index contributed by atoms with van der Waals surface area (Å²) < 4.78 is 28.1. The second-order valence-electron chi connectivity index (χ2n) is 8.37. The number of aliphatic hydroxyl groups excluding tert-OH is 1. The summed E-state index contributed by atoms with van der Waals surface area (Å²) in [5.74, 6) is -0.00918. The van der Waals surface area contributed by atoms with Gasteiger partial charge in [-0.3, -0.25) is 4.79 Å². The number of rotatable bonds is 3. The van der Waals surface area contributed by atoms with E-state index >= 15 is 0 Å². The highest BCUT2D eigenvalue weighted by Gasteiger charge is 2.52. The second-order valence-corrected chi connectivity index (χ2v) is 10.3. The number of carbonyl (C=O) groups is 1. The number of piperidine rings is 1. The third-order valence-corrected chi connectivity index (χ3v) is 8.63. The summed E-state index contributed by atoms with van der Waals surface area (Å²) >= 11 is 0. The molecule has 1 aromatic carbocycles. The molecule has 7 heteroatoms. The third kappa shape index (κ3) is 3.19. The summed E-state index contributed by atoms with van der Waals surface area (Å²) in [6.07, 6.45) is 4.88. The van der Waals surface area contributed by atoms with Gasteiger partial charge in [-0.1, -0.05) is 6.07 Å². The molecule has 2 aliphatic heterocycles. The SMILES string of the molecule is CC(=O)N1CC[C@@]2(CO)CN(S(=O)(=O)c3ccc4c(c3)CCCC4)C[C@H]2C1. The van der Waals surface area contributed by atoms with Crippen LogP contribution in [-0.4, -0.2) is 61.4 Å². The van der Waals surface area contributed by atoms with Crippen LogP contribution < -0.4 is 0 Å². The molecule has 0 unspecified atom stereocenters. The van der Waals surface area contributed by atoms with Crippen LogP contribution in [0.3, 0.4) is 0 Å². The molecule has 0 saturated carbocycles. The average Bonchev–Trinajstić information content (AvgIpc) is 3.07. The summed E-state index contributed by atoms with van der Waals surface area (Å²) in [5, 5.41) is 10.1. The third-order valence-electron chi connectivity index (χ3n) is 6.82. The maximum Gasteiger partial charge on any atom is 0.243 e. The van der Waals surface area contributed by atoms with Gasteiger partial charge in [0.25, 0.3) is 0 Å². The van der Waals surface area contributed by atoms with Crippen molar-refractivity contribution in [2.24, 2.45) is 11.3 Å². The molecule has 27 heavy (non-hydrogen) atoms. The number of hydrogen-bond donors (Lipinski definition) is 1. The molecule has 6 nitrogen and oxygen atoms in total. The molecular weight excluding hydrogens is 364 g/mol. The predicted octanol–water partition coefficient (Wildman–Crippen LogP) is 1.42. The number of benzene rings is 1. The van der Waals surface area contributed by atoms with Crippen LogP contribution in [0.4, 0.5) is 0 Å². The van der Waals surface area contributed by atoms with Crippen molar-refractivity contribution in [3.8, 4) is 0 Å². The molecule has 2 heterocycles. The lowest BCUT2D eigenvalue weighted by Gasteiger charge is -2.42. The number of likely N-dealkylation sites (tertiary alicyclic amines) is 1. The zero-order valence-corrected chi connectivity index (χ0v) is 16.7. The number of amides is 1. The monoisotopic (exact) mass is 392 g/mol. The van der Waals surface area contributed by atoms with Gasteiger partial charge in [-0.15, -0.1) is 0 Å². The van der Waals surface area contributed by atoms with Crippen LogP contribution in [-0.2, 0) is 27.7 Å². The van der Waals surface area contributed by atoms with Crippen molar-refractivity contribution in [1.29, 1.82) is 0 Å². The molecule has 1 N–H and O–H groups in total. The van der Waals surface area contributed by atoms with E-state index in [2.05, 4.69) is 0 Å². The Kier molecular flexibility index (Phi) is 4.81. The Balaban J connectivity index is 1.61. The fraction of sp³-hybridized carbons (Fsp3) is 0.650. The smallest absolute Gasteiger partial charge is 0.243 e. The van der Waals surface area contributed by atoms with Crippen LogP contribution in [0.15, 0.2) is 23.1 Å². The maximum atomic E-state index is 13.3. The summed E-state index contributed by atoms with van der Waals surface area (Å²) in [6.45, 7) is 3.30. The van der Waals surface area contributed by atoms with Crippen molar-refractivity contribution >= 4 is 15.9 Å².